The molecule has 2 aliphatic heterocycles. The highest BCUT2D eigenvalue weighted by Gasteiger charge is 2.54. The first kappa shape index (κ1) is 52.0. The van der Waals surface area contributed by atoms with Crippen molar-refractivity contribution < 1.29 is 71.2 Å². The van der Waals surface area contributed by atoms with Gasteiger partial charge in [-0.05, 0) is 34.7 Å². The summed E-state index contributed by atoms with van der Waals surface area (Å²) in [6.07, 6.45) is -12.0. The predicted molar refractivity (Wildman–Crippen MR) is 253 cm³/mol. The molecule has 2 saturated heterocycles. The zero-order valence-corrected chi connectivity index (χ0v) is 39.9. The molecule has 0 radical (unpaired) electrons. The van der Waals surface area contributed by atoms with Gasteiger partial charge in [-0.1, -0.05) is 152 Å². The molecule has 0 spiro atoms. The van der Waals surface area contributed by atoms with E-state index in [1.54, 1.807) is 37.3 Å². The lowest BCUT2D eigenvalue weighted by molar-refractivity contribution is -0.349. The quantitative estimate of drug-likeness (QED) is 0.0438. The van der Waals surface area contributed by atoms with Crippen LogP contribution in [0.15, 0.2) is 152 Å². The molecule has 7 rings (SSSR count). The third kappa shape index (κ3) is 14.8. The average molecular weight is 963 g/mol. The number of rotatable bonds is 24. The van der Waals surface area contributed by atoms with E-state index in [4.69, 9.17) is 56.8 Å². The molecule has 11 atom stereocenters. The average Bonchev–Trinajstić information content (AvgIpc) is 3.38. The monoisotopic (exact) mass is 962 g/mol. The van der Waals surface area contributed by atoms with E-state index in [2.05, 4.69) is 0 Å². The Balaban J connectivity index is 1.26. The van der Waals surface area contributed by atoms with Crippen molar-refractivity contribution in [3.63, 3.8) is 0 Å². The number of methoxy groups -OCH3 is 1. The van der Waals surface area contributed by atoms with Gasteiger partial charge in [0.15, 0.2) is 24.8 Å². The van der Waals surface area contributed by atoms with Crippen LogP contribution in [0.4, 0.5) is 0 Å². The van der Waals surface area contributed by atoms with Gasteiger partial charge in [-0.2, -0.15) is 0 Å². The molecule has 0 aliphatic carbocycles. The Labute approximate surface area is 409 Å². The van der Waals surface area contributed by atoms with E-state index < -0.39 is 85.4 Å². The number of carbonyl (C=O) groups excluding carboxylic acids is 3. The van der Waals surface area contributed by atoms with Crippen molar-refractivity contribution >= 4 is 17.9 Å². The van der Waals surface area contributed by atoms with Gasteiger partial charge in [-0.25, -0.2) is 4.79 Å². The first-order chi connectivity index (χ1) is 34.2. The van der Waals surface area contributed by atoms with Gasteiger partial charge in [0.25, 0.3) is 0 Å². The summed E-state index contributed by atoms with van der Waals surface area (Å²) in [5.41, 5.74) is 4.01. The zero-order valence-electron chi connectivity index (χ0n) is 39.9. The van der Waals surface area contributed by atoms with Crippen LogP contribution in [0.25, 0.3) is 0 Å². The van der Waals surface area contributed by atoms with Crippen molar-refractivity contribution in [2.75, 3.05) is 26.9 Å². The molecule has 0 bridgehead atoms. The van der Waals surface area contributed by atoms with Gasteiger partial charge in [0.1, 0.15) is 49.3 Å². The first-order valence-corrected chi connectivity index (χ1v) is 23.5. The Morgan fingerprint density at radius 3 is 1.36 bits per heavy atom. The number of ether oxygens (including phenoxy) is 12. The fourth-order valence-electron chi connectivity index (χ4n) is 8.32. The fraction of sp³-hybridized carbons (Fsp3) is 0.400. The molecular weight excluding hydrogens is 901 g/mol. The van der Waals surface area contributed by atoms with Gasteiger partial charge in [0, 0.05) is 21.0 Å². The lowest BCUT2D eigenvalue weighted by atomic mass is 9.96. The van der Waals surface area contributed by atoms with Gasteiger partial charge in [0.2, 0.25) is 0 Å². The maximum Gasteiger partial charge on any atom is 0.339 e. The molecule has 15 heteroatoms. The molecule has 372 valence electrons. The maximum atomic E-state index is 13.9. The third-order valence-electron chi connectivity index (χ3n) is 11.6. The molecule has 15 nitrogen and oxygen atoms in total. The lowest BCUT2D eigenvalue weighted by Gasteiger charge is -2.47. The van der Waals surface area contributed by atoms with E-state index >= 15 is 0 Å². The highest BCUT2D eigenvalue weighted by Crippen LogP contribution is 2.36. The molecule has 5 aromatic rings. The van der Waals surface area contributed by atoms with Crippen LogP contribution in [0.2, 0.25) is 0 Å². The Kier molecular flexibility index (Phi) is 20.0. The van der Waals surface area contributed by atoms with Crippen molar-refractivity contribution in [2.24, 2.45) is 0 Å². The van der Waals surface area contributed by atoms with Gasteiger partial charge in [0.05, 0.1) is 39.6 Å². The predicted octanol–water partition coefficient (Wildman–Crippen LogP) is 7.63. The SMILES string of the molecule is CCOC(=O)[C@@H](O[C@H]1[C@@H](OC[C@H]2O[C@H](OC)[C@H](OCc3ccccc3)[C@@H](OCc3ccccc3)[C@@H]2OCc2ccccc2)O[C@H](COC(C)=O)[C@@H](OCc2ccccc2)[C@@H]1OC(C)=O)c1ccccc1. The van der Waals surface area contributed by atoms with Crippen LogP contribution < -0.4 is 0 Å². The molecule has 2 aliphatic rings. The molecule has 70 heavy (non-hydrogen) atoms. The number of benzene rings is 5. The van der Waals surface area contributed by atoms with Crippen LogP contribution in [0.3, 0.4) is 0 Å². The molecule has 0 saturated carbocycles. The van der Waals surface area contributed by atoms with Crippen LogP contribution in [0.1, 0.15) is 54.7 Å². The molecule has 0 N–H and O–H groups in total. The molecule has 0 amide bonds. The Bertz CT molecular complexity index is 2310. The number of hydrogen-bond donors (Lipinski definition) is 0. The molecule has 2 heterocycles. The van der Waals surface area contributed by atoms with Crippen molar-refractivity contribution in [3.8, 4) is 0 Å². The van der Waals surface area contributed by atoms with E-state index in [0.29, 0.717) is 5.56 Å². The molecule has 0 aromatic heterocycles. The van der Waals surface area contributed by atoms with Crippen LogP contribution >= 0.6 is 0 Å². The van der Waals surface area contributed by atoms with E-state index in [1.807, 2.05) is 121 Å². The second-order valence-corrected chi connectivity index (χ2v) is 16.7. The Morgan fingerprint density at radius 1 is 0.471 bits per heavy atom. The summed E-state index contributed by atoms with van der Waals surface area (Å²) in [6.45, 7) is 4.34. The fourth-order valence-corrected chi connectivity index (χ4v) is 8.32. The molecular formula is C55H62O15. The zero-order chi connectivity index (χ0) is 49.1. The molecule has 2 fully saturated rings. The number of hydrogen-bond acceptors (Lipinski definition) is 15. The van der Waals surface area contributed by atoms with E-state index in [-0.39, 0.29) is 46.2 Å². The minimum absolute atomic E-state index is 0.0497. The van der Waals surface area contributed by atoms with Crippen LogP contribution in [0.5, 0.6) is 0 Å². The van der Waals surface area contributed by atoms with Gasteiger partial charge >= 0.3 is 17.9 Å². The second kappa shape index (κ2) is 26.9. The summed E-state index contributed by atoms with van der Waals surface area (Å²) in [4.78, 5) is 39.4. The summed E-state index contributed by atoms with van der Waals surface area (Å²) in [7, 11) is 1.52. The van der Waals surface area contributed by atoms with Crippen LogP contribution in [-0.2, 0) is 97.7 Å². The minimum atomic E-state index is -1.43. The smallest absolute Gasteiger partial charge is 0.339 e. The largest absolute Gasteiger partial charge is 0.464 e. The normalized spacial score (nSPS) is 24.8. The van der Waals surface area contributed by atoms with Gasteiger partial charge < -0.3 is 56.8 Å². The summed E-state index contributed by atoms with van der Waals surface area (Å²) in [5, 5.41) is 0. The number of carbonyl (C=O) groups is 3. The second-order valence-electron chi connectivity index (χ2n) is 16.7. The van der Waals surface area contributed by atoms with Crippen molar-refractivity contribution in [1.29, 1.82) is 0 Å². The van der Waals surface area contributed by atoms with E-state index in [1.165, 1.54) is 21.0 Å². The van der Waals surface area contributed by atoms with Crippen molar-refractivity contribution in [1.82, 2.24) is 0 Å². The maximum absolute atomic E-state index is 13.9. The van der Waals surface area contributed by atoms with Crippen molar-refractivity contribution in [2.45, 2.75) is 115 Å². The first-order valence-electron chi connectivity index (χ1n) is 23.5. The summed E-state index contributed by atoms with van der Waals surface area (Å²) < 4.78 is 77.0. The summed E-state index contributed by atoms with van der Waals surface area (Å²) in [6, 6.07) is 47.3. The van der Waals surface area contributed by atoms with Crippen LogP contribution in [0, 0.1) is 0 Å². The molecule has 0 unspecified atom stereocenters. The Hall–Kier alpha value is -5.85. The van der Waals surface area contributed by atoms with E-state index in [9.17, 15) is 14.4 Å². The minimum Gasteiger partial charge on any atom is -0.464 e. The lowest BCUT2D eigenvalue weighted by Crippen LogP contribution is -2.64. The summed E-state index contributed by atoms with van der Waals surface area (Å²) >= 11 is 0. The highest BCUT2D eigenvalue weighted by atomic mass is 16.8. The Morgan fingerprint density at radius 2 is 0.900 bits per heavy atom. The topological polar surface area (TPSA) is 162 Å². The third-order valence-corrected chi connectivity index (χ3v) is 11.6. The number of esters is 3. The van der Waals surface area contributed by atoms with Gasteiger partial charge in [-0.3, -0.25) is 9.59 Å². The van der Waals surface area contributed by atoms with Crippen LogP contribution in [-0.4, -0.2) is 106 Å². The highest BCUT2D eigenvalue weighted by molar-refractivity contribution is 5.76. The van der Waals surface area contributed by atoms with Gasteiger partial charge in [-0.15, -0.1) is 0 Å². The van der Waals surface area contributed by atoms with Crippen molar-refractivity contribution in [3.05, 3.63) is 179 Å². The molecule has 5 aromatic carbocycles. The standard InChI is InChI=1S/C55H62O15/c1-5-60-53(58)46(43-29-19-10-20-30-43)70-52-50(67-38(3)57)48(63-32-40-23-13-7-14-24-40)44(35-61-37(2)56)69-55(52)66-36-45-47(62-31-39-21-11-6-12-22-39)49(64-33-41-25-15-8-16-26-41)51(54(59-4)68-45)65-34-42-27-17-9-18-28-42/h6-30,44-52,54-55H,5,31-36H2,1-4H3/t44-,45-,46+,47-,48-,49+,50+,51-,52-,54+,55+/m1/s1. The summed E-state index contributed by atoms with van der Waals surface area (Å²) in [5.74, 6) is -1.97. The van der Waals surface area contributed by atoms with E-state index in [0.717, 1.165) is 22.3 Å².